The van der Waals surface area contributed by atoms with E-state index in [1.807, 2.05) is 0 Å². The van der Waals surface area contributed by atoms with Gasteiger partial charge in [0, 0.05) is 0 Å². The predicted octanol–water partition coefficient (Wildman–Crippen LogP) is 6.94. The lowest BCUT2D eigenvalue weighted by atomic mass is 9.80. The van der Waals surface area contributed by atoms with Crippen LogP contribution in [0.3, 0.4) is 0 Å². The Morgan fingerprint density at radius 1 is 0.609 bits per heavy atom. The molecule has 0 N–H and O–H groups in total. The lowest BCUT2D eigenvalue weighted by molar-refractivity contribution is 0.442. The molecule has 0 heterocycles. The molecule has 2 aromatic rings. The lowest BCUT2D eigenvalue weighted by Crippen LogP contribution is -2.16. The van der Waals surface area contributed by atoms with E-state index in [0.717, 1.165) is 0 Å². The van der Waals surface area contributed by atoms with Crippen LogP contribution in [-0.4, -0.2) is 0 Å². The minimum absolute atomic E-state index is 0.314. The number of hydrogen-bond donors (Lipinski definition) is 0. The molecule has 23 heavy (non-hydrogen) atoms. The zero-order chi connectivity index (χ0) is 16.4. The van der Waals surface area contributed by atoms with Gasteiger partial charge in [-0.3, -0.25) is 0 Å². The first-order chi connectivity index (χ1) is 11.2. The van der Waals surface area contributed by atoms with Crippen LogP contribution in [0.25, 0.3) is 0 Å². The Hall–Kier alpha value is -1.56. The maximum Gasteiger partial charge on any atom is -0.0104 e. The van der Waals surface area contributed by atoms with Gasteiger partial charge in [0.2, 0.25) is 0 Å². The highest BCUT2D eigenvalue weighted by Crippen LogP contribution is 2.29. The Kier molecular flexibility index (Phi) is 7.39. The van der Waals surface area contributed by atoms with Crippen LogP contribution in [-0.2, 0) is 11.8 Å². The molecule has 0 aliphatic heterocycles. The second-order valence-electron chi connectivity index (χ2n) is 7.36. The Labute approximate surface area is 143 Å². The molecule has 0 heteroatoms. The highest BCUT2D eigenvalue weighted by Gasteiger charge is 2.19. The van der Waals surface area contributed by atoms with Crippen LogP contribution in [0.4, 0.5) is 0 Å². The highest BCUT2D eigenvalue weighted by molar-refractivity contribution is 5.23. The molecule has 0 spiro atoms. The first-order valence-electron chi connectivity index (χ1n) is 9.28. The second-order valence-corrected chi connectivity index (χ2v) is 7.36. The molecule has 0 unspecified atom stereocenters. The summed E-state index contributed by atoms with van der Waals surface area (Å²) in [5.74, 6) is 0. The fourth-order valence-electron chi connectivity index (χ4n) is 3.28. The number of unbranched alkanes of at least 4 members (excludes halogenated alkanes) is 5. The standard InChI is InChI=1S/C23H32/c1-23(2,22-18-12-8-13-19-22)20-14-6-4-3-5-9-15-21-16-10-7-11-17-21/h7-8,10-13,16-19H,3-6,9,14-15,20H2,1-2H3. The van der Waals surface area contributed by atoms with E-state index in [2.05, 4.69) is 74.5 Å². The number of benzene rings is 2. The maximum atomic E-state index is 2.38. The summed E-state index contributed by atoms with van der Waals surface area (Å²) in [4.78, 5) is 0. The number of hydrogen-bond acceptors (Lipinski definition) is 0. The minimum Gasteiger partial charge on any atom is -0.0622 e. The molecule has 0 amide bonds. The van der Waals surface area contributed by atoms with E-state index in [-0.39, 0.29) is 0 Å². The minimum atomic E-state index is 0.314. The van der Waals surface area contributed by atoms with E-state index in [1.54, 1.807) is 0 Å². The van der Waals surface area contributed by atoms with Gasteiger partial charge in [-0.05, 0) is 35.8 Å². The summed E-state index contributed by atoms with van der Waals surface area (Å²) >= 11 is 0. The Bertz CT molecular complexity index is 524. The summed E-state index contributed by atoms with van der Waals surface area (Å²) in [6.07, 6.45) is 10.7. The van der Waals surface area contributed by atoms with Crippen molar-refractivity contribution in [1.82, 2.24) is 0 Å². The van der Waals surface area contributed by atoms with Crippen LogP contribution in [0.1, 0.15) is 69.9 Å². The van der Waals surface area contributed by atoms with Crippen molar-refractivity contribution < 1.29 is 0 Å². The van der Waals surface area contributed by atoms with Gasteiger partial charge >= 0.3 is 0 Å². The molecule has 0 atom stereocenters. The third kappa shape index (κ3) is 6.60. The van der Waals surface area contributed by atoms with Crippen LogP contribution < -0.4 is 0 Å². The van der Waals surface area contributed by atoms with E-state index in [1.165, 1.54) is 62.5 Å². The van der Waals surface area contributed by atoms with Gasteiger partial charge in [-0.2, -0.15) is 0 Å². The van der Waals surface area contributed by atoms with Crippen LogP contribution in [0.15, 0.2) is 60.7 Å². The summed E-state index contributed by atoms with van der Waals surface area (Å²) in [5.41, 5.74) is 3.27. The molecule has 0 nitrogen and oxygen atoms in total. The van der Waals surface area contributed by atoms with E-state index in [4.69, 9.17) is 0 Å². The van der Waals surface area contributed by atoms with E-state index >= 15 is 0 Å². The van der Waals surface area contributed by atoms with Crippen LogP contribution in [0, 0.1) is 0 Å². The Morgan fingerprint density at radius 2 is 1.13 bits per heavy atom. The van der Waals surface area contributed by atoms with Crippen molar-refractivity contribution in [2.24, 2.45) is 0 Å². The maximum absolute atomic E-state index is 2.38. The molecule has 0 saturated carbocycles. The normalized spacial score (nSPS) is 11.6. The van der Waals surface area contributed by atoms with Gasteiger partial charge in [0.1, 0.15) is 0 Å². The fraction of sp³-hybridized carbons (Fsp3) is 0.478. The van der Waals surface area contributed by atoms with Crippen molar-refractivity contribution in [2.75, 3.05) is 0 Å². The average molecular weight is 309 g/mol. The molecule has 0 aliphatic rings. The van der Waals surface area contributed by atoms with Crippen molar-refractivity contribution in [3.05, 3.63) is 71.8 Å². The first kappa shape index (κ1) is 17.8. The smallest absolute Gasteiger partial charge is 0.0104 e. The molecule has 0 saturated heterocycles. The summed E-state index contributed by atoms with van der Waals surface area (Å²) in [5, 5.41) is 0. The lowest BCUT2D eigenvalue weighted by Gasteiger charge is -2.25. The van der Waals surface area contributed by atoms with Crippen LogP contribution in [0.2, 0.25) is 0 Å². The fourth-order valence-corrected chi connectivity index (χ4v) is 3.28. The van der Waals surface area contributed by atoms with Crippen molar-refractivity contribution in [2.45, 2.75) is 70.6 Å². The third-order valence-corrected chi connectivity index (χ3v) is 4.92. The van der Waals surface area contributed by atoms with Crippen LogP contribution in [0.5, 0.6) is 0 Å². The van der Waals surface area contributed by atoms with Gasteiger partial charge in [-0.15, -0.1) is 0 Å². The number of aryl methyl sites for hydroxylation is 1. The largest absolute Gasteiger partial charge is 0.0622 e. The second kappa shape index (κ2) is 9.55. The monoisotopic (exact) mass is 308 g/mol. The van der Waals surface area contributed by atoms with E-state index in [0.29, 0.717) is 5.41 Å². The van der Waals surface area contributed by atoms with Crippen molar-refractivity contribution in [1.29, 1.82) is 0 Å². The van der Waals surface area contributed by atoms with Crippen molar-refractivity contribution >= 4 is 0 Å². The molecule has 0 bridgehead atoms. The predicted molar refractivity (Wildman–Crippen MR) is 102 cm³/mol. The molecular formula is C23H32. The van der Waals surface area contributed by atoms with Gasteiger partial charge in [-0.1, -0.05) is 107 Å². The molecule has 0 fully saturated rings. The summed E-state index contributed by atoms with van der Waals surface area (Å²) in [6.45, 7) is 4.75. The molecule has 124 valence electrons. The Balaban J connectivity index is 1.52. The van der Waals surface area contributed by atoms with Crippen LogP contribution >= 0.6 is 0 Å². The van der Waals surface area contributed by atoms with Gasteiger partial charge < -0.3 is 0 Å². The topological polar surface area (TPSA) is 0 Å². The molecule has 2 rings (SSSR count). The van der Waals surface area contributed by atoms with Gasteiger partial charge in [0.05, 0.1) is 0 Å². The molecule has 0 aliphatic carbocycles. The van der Waals surface area contributed by atoms with Crippen molar-refractivity contribution in [3.8, 4) is 0 Å². The molecule has 0 aromatic heterocycles. The van der Waals surface area contributed by atoms with Gasteiger partial charge in [-0.25, -0.2) is 0 Å². The molecular weight excluding hydrogens is 276 g/mol. The SMILES string of the molecule is CC(C)(CCCCCCCCc1ccccc1)c1ccccc1. The molecule has 2 aromatic carbocycles. The highest BCUT2D eigenvalue weighted by atomic mass is 14.2. The summed E-state index contributed by atoms with van der Waals surface area (Å²) in [7, 11) is 0. The van der Waals surface area contributed by atoms with E-state index < -0.39 is 0 Å². The molecule has 0 radical (unpaired) electrons. The zero-order valence-electron chi connectivity index (χ0n) is 14.9. The average Bonchev–Trinajstić information content (AvgIpc) is 2.59. The van der Waals surface area contributed by atoms with Gasteiger partial charge in [0.15, 0.2) is 0 Å². The zero-order valence-corrected chi connectivity index (χ0v) is 14.9. The van der Waals surface area contributed by atoms with Gasteiger partial charge in [0.25, 0.3) is 0 Å². The number of rotatable bonds is 10. The first-order valence-corrected chi connectivity index (χ1v) is 9.28. The third-order valence-electron chi connectivity index (χ3n) is 4.92. The Morgan fingerprint density at radius 3 is 1.78 bits per heavy atom. The van der Waals surface area contributed by atoms with E-state index in [9.17, 15) is 0 Å². The van der Waals surface area contributed by atoms with Crippen molar-refractivity contribution in [3.63, 3.8) is 0 Å². The quantitative estimate of drug-likeness (QED) is 0.417. The summed E-state index contributed by atoms with van der Waals surface area (Å²) in [6, 6.07) is 21.8. The summed E-state index contributed by atoms with van der Waals surface area (Å²) < 4.78 is 0.